The Morgan fingerprint density at radius 3 is 1.29 bits per heavy atom. The van der Waals surface area contributed by atoms with E-state index in [0.717, 1.165) is 0 Å². The van der Waals surface area contributed by atoms with Crippen LogP contribution < -0.4 is 0 Å². The molecule has 2 aromatic carbocycles. The molecule has 0 aliphatic rings. The highest BCUT2D eigenvalue weighted by molar-refractivity contribution is 7.83. The molecule has 1 N–H and O–H groups in total. The van der Waals surface area contributed by atoms with Crippen LogP contribution in [-0.4, -0.2) is 31.4 Å². The van der Waals surface area contributed by atoms with Gasteiger partial charge in [-0.2, -0.15) is 12.7 Å². The van der Waals surface area contributed by atoms with Gasteiger partial charge in [-0.15, -0.1) is 0 Å². The summed E-state index contributed by atoms with van der Waals surface area (Å²) < 4.78 is 28.3. The number of hydrogen-bond donors (Lipinski definition) is 1. The van der Waals surface area contributed by atoms with E-state index in [-0.39, 0.29) is 0 Å². The summed E-state index contributed by atoms with van der Waals surface area (Å²) in [6, 6.07) is 16.7. The van der Waals surface area contributed by atoms with Gasteiger partial charge in [-0.1, -0.05) is 48.5 Å². The number of hydrogen-bond acceptors (Lipinski definition) is 2. The Kier molecular flexibility index (Phi) is 4.62. The molecule has 92 valence electrons. The average Bonchev–Trinajstić information content (AvgIpc) is 2.29. The lowest BCUT2D eigenvalue weighted by Crippen LogP contribution is -2.20. The molecule has 0 atom stereocenters. The van der Waals surface area contributed by atoms with Gasteiger partial charge < -0.3 is 0 Å². The molecule has 0 amide bonds. The highest BCUT2D eigenvalue weighted by Gasteiger charge is 2.04. The fourth-order valence-electron chi connectivity index (χ4n) is 1.13. The molecule has 0 aliphatic heterocycles. The average molecular weight is 253 g/mol. The van der Waals surface area contributed by atoms with Gasteiger partial charge in [-0.05, 0) is 10.8 Å². The van der Waals surface area contributed by atoms with Crippen molar-refractivity contribution in [3.8, 4) is 0 Å². The second kappa shape index (κ2) is 5.77. The quantitative estimate of drug-likeness (QED) is 0.793. The lowest BCUT2D eigenvalue weighted by molar-refractivity contribution is 0.416. The second-order valence-corrected chi connectivity index (χ2v) is 5.23. The van der Waals surface area contributed by atoms with Crippen molar-refractivity contribution < 1.29 is 13.0 Å². The molecule has 17 heavy (non-hydrogen) atoms. The predicted octanol–water partition coefficient (Wildman–Crippen LogP) is 2.19. The molecule has 0 radical (unpaired) electrons. The van der Waals surface area contributed by atoms with E-state index in [4.69, 9.17) is 4.55 Å². The normalized spacial score (nSPS) is 11.1. The predicted molar refractivity (Wildman–Crippen MR) is 69.2 cm³/mol. The first-order valence-corrected chi connectivity index (χ1v) is 6.39. The fourth-order valence-corrected chi connectivity index (χ4v) is 1.13. The summed E-state index contributed by atoms with van der Waals surface area (Å²) in [5.74, 6) is 0. The van der Waals surface area contributed by atoms with Gasteiger partial charge in [-0.3, -0.25) is 4.55 Å². The van der Waals surface area contributed by atoms with E-state index >= 15 is 0 Å². The zero-order chi connectivity index (χ0) is 12.9. The first-order valence-electron chi connectivity index (χ1n) is 5.00. The Labute approximate surface area is 101 Å². The molecule has 0 unspecified atom stereocenters. The zero-order valence-electron chi connectivity index (χ0n) is 9.74. The van der Waals surface area contributed by atoms with Gasteiger partial charge in [0.25, 0.3) is 0 Å². The highest BCUT2D eigenvalue weighted by atomic mass is 32.2. The number of rotatable bonds is 1. The lowest BCUT2D eigenvalue weighted by Gasteiger charge is -2.00. The van der Waals surface area contributed by atoms with E-state index in [1.54, 1.807) is 0 Å². The Hall–Kier alpha value is -1.43. The zero-order valence-corrected chi connectivity index (χ0v) is 10.6. The summed E-state index contributed by atoms with van der Waals surface area (Å²) in [4.78, 5) is 0. The Morgan fingerprint density at radius 2 is 1.12 bits per heavy atom. The molecule has 0 aromatic heterocycles. The van der Waals surface area contributed by atoms with Crippen LogP contribution in [0.4, 0.5) is 0 Å². The summed E-state index contributed by atoms with van der Waals surface area (Å²) in [5.41, 5.74) is 0. The van der Waals surface area contributed by atoms with Crippen molar-refractivity contribution in [3.63, 3.8) is 0 Å². The van der Waals surface area contributed by atoms with E-state index < -0.39 is 10.3 Å². The van der Waals surface area contributed by atoms with Gasteiger partial charge in [-0.25, -0.2) is 0 Å². The van der Waals surface area contributed by atoms with E-state index in [0.29, 0.717) is 4.31 Å². The van der Waals surface area contributed by atoms with E-state index in [9.17, 15) is 8.42 Å². The first kappa shape index (κ1) is 13.6. The molecule has 2 aromatic rings. The maximum absolute atomic E-state index is 9.81. The maximum Gasteiger partial charge on any atom is 0.335 e. The molecule has 0 fully saturated rings. The van der Waals surface area contributed by atoms with Gasteiger partial charge in [0.05, 0.1) is 0 Å². The Bertz CT molecular complexity index is 514. The summed E-state index contributed by atoms with van der Waals surface area (Å²) in [5, 5.41) is 2.62. The molecule has 0 heterocycles. The van der Waals surface area contributed by atoms with Gasteiger partial charge in [0.15, 0.2) is 0 Å². The first-order chi connectivity index (χ1) is 7.91. The van der Waals surface area contributed by atoms with E-state index in [1.165, 1.54) is 24.9 Å². The summed E-state index contributed by atoms with van der Waals surface area (Å²) >= 11 is 0. The molecule has 0 saturated carbocycles. The van der Waals surface area contributed by atoms with Crippen LogP contribution in [0.1, 0.15) is 0 Å². The molecule has 4 nitrogen and oxygen atoms in total. The lowest BCUT2D eigenvalue weighted by atomic mass is 10.1. The summed E-state index contributed by atoms with van der Waals surface area (Å²) in [7, 11) is -1.42. The van der Waals surface area contributed by atoms with Crippen LogP contribution in [0.5, 0.6) is 0 Å². The fraction of sp³-hybridized carbons (Fsp3) is 0.167. The van der Waals surface area contributed by atoms with E-state index in [2.05, 4.69) is 48.5 Å². The standard InChI is InChI=1S/C10H8.C2H7NO3S/c1-2-6-10-8-4-3-7-9(10)5-1;1-3(2)7(4,5)6/h1-8H;1-2H3,(H,4,5,6). The minimum absolute atomic E-state index is 0.715. The third-order valence-electron chi connectivity index (χ3n) is 2.12. The van der Waals surface area contributed by atoms with Crippen molar-refractivity contribution in [1.29, 1.82) is 0 Å². The Balaban J connectivity index is 0.000000185. The minimum atomic E-state index is -3.91. The van der Waals surface area contributed by atoms with Crippen LogP contribution in [-0.2, 0) is 10.3 Å². The van der Waals surface area contributed by atoms with Gasteiger partial charge >= 0.3 is 10.3 Å². The van der Waals surface area contributed by atoms with Crippen LogP contribution in [0.15, 0.2) is 48.5 Å². The number of benzene rings is 2. The highest BCUT2D eigenvalue weighted by Crippen LogP contribution is 2.11. The van der Waals surface area contributed by atoms with Crippen LogP contribution in [0, 0.1) is 0 Å². The van der Waals surface area contributed by atoms with Crippen molar-refractivity contribution in [2.75, 3.05) is 14.1 Å². The monoisotopic (exact) mass is 253 g/mol. The minimum Gasteiger partial charge on any atom is -0.273 e. The smallest absolute Gasteiger partial charge is 0.273 e. The number of nitrogens with zero attached hydrogens (tertiary/aromatic N) is 1. The molecule has 0 aliphatic carbocycles. The molecule has 0 bridgehead atoms. The Morgan fingerprint density at radius 1 is 0.882 bits per heavy atom. The van der Waals surface area contributed by atoms with Crippen LogP contribution >= 0.6 is 0 Å². The molecule has 0 spiro atoms. The largest absolute Gasteiger partial charge is 0.335 e. The van der Waals surface area contributed by atoms with Crippen molar-refractivity contribution in [2.24, 2.45) is 0 Å². The third-order valence-corrected chi connectivity index (χ3v) is 3.04. The second-order valence-electron chi connectivity index (χ2n) is 3.61. The number of fused-ring (bicyclic) bond motifs is 1. The van der Waals surface area contributed by atoms with Crippen molar-refractivity contribution in [3.05, 3.63) is 48.5 Å². The van der Waals surface area contributed by atoms with Crippen molar-refractivity contribution >= 4 is 21.1 Å². The van der Waals surface area contributed by atoms with Gasteiger partial charge in [0.2, 0.25) is 0 Å². The van der Waals surface area contributed by atoms with Crippen LogP contribution in [0.2, 0.25) is 0 Å². The van der Waals surface area contributed by atoms with Crippen LogP contribution in [0.25, 0.3) is 10.8 Å². The van der Waals surface area contributed by atoms with Gasteiger partial charge in [0.1, 0.15) is 0 Å². The van der Waals surface area contributed by atoms with Crippen molar-refractivity contribution in [1.82, 2.24) is 4.31 Å². The maximum atomic E-state index is 9.81. The topological polar surface area (TPSA) is 57.6 Å². The SMILES string of the molecule is CN(C)S(=O)(=O)O.c1ccc2ccccc2c1. The third kappa shape index (κ3) is 4.52. The molecular weight excluding hydrogens is 238 g/mol. The summed E-state index contributed by atoms with van der Waals surface area (Å²) in [6.45, 7) is 0. The molecular formula is C12H15NO3S. The van der Waals surface area contributed by atoms with E-state index in [1.807, 2.05) is 0 Å². The molecule has 0 saturated heterocycles. The van der Waals surface area contributed by atoms with Crippen molar-refractivity contribution in [2.45, 2.75) is 0 Å². The van der Waals surface area contributed by atoms with Gasteiger partial charge in [0, 0.05) is 14.1 Å². The van der Waals surface area contributed by atoms with Crippen LogP contribution in [0.3, 0.4) is 0 Å². The molecule has 5 heteroatoms. The molecule has 2 rings (SSSR count). The summed E-state index contributed by atoms with van der Waals surface area (Å²) in [6.07, 6.45) is 0.